The van der Waals surface area contributed by atoms with Gasteiger partial charge in [0.2, 0.25) is 0 Å². The van der Waals surface area contributed by atoms with Gasteiger partial charge in [-0.25, -0.2) is 0 Å². The third-order valence-electron chi connectivity index (χ3n) is 3.46. The van der Waals surface area contributed by atoms with Crippen LogP contribution in [0.1, 0.15) is 30.3 Å². The monoisotopic (exact) mass is 278 g/mol. The molecule has 2 heterocycles. The topological polar surface area (TPSA) is 84.0 Å². The van der Waals surface area contributed by atoms with Crippen molar-refractivity contribution in [3.8, 4) is 0 Å². The van der Waals surface area contributed by atoms with Crippen molar-refractivity contribution < 1.29 is 9.94 Å². The van der Waals surface area contributed by atoms with E-state index in [1.165, 1.54) is 0 Å². The number of oxime groups is 1. The summed E-state index contributed by atoms with van der Waals surface area (Å²) in [6.07, 6.45) is 1.12. The summed E-state index contributed by atoms with van der Waals surface area (Å²) >= 11 is 0. The zero-order valence-corrected chi connectivity index (χ0v) is 12.3. The second-order valence-electron chi connectivity index (χ2n) is 5.21. The number of ether oxygens (including phenoxy) is 1. The molecule has 6 nitrogen and oxygen atoms in total. The SMILES string of the molecule is Cc1cc(N2CCCOC(C)C2)c(/C(N)=N/O)c(C)n1. The zero-order chi connectivity index (χ0) is 14.7. The lowest BCUT2D eigenvalue weighted by Gasteiger charge is -2.27. The molecular formula is C14H22N4O2. The van der Waals surface area contributed by atoms with Gasteiger partial charge in [0.1, 0.15) is 0 Å². The van der Waals surface area contributed by atoms with E-state index in [2.05, 4.69) is 22.0 Å². The van der Waals surface area contributed by atoms with Crippen molar-refractivity contribution >= 4 is 11.5 Å². The molecule has 1 aliphatic heterocycles. The Morgan fingerprint density at radius 2 is 2.30 bits per heavy atom. The van der Waals surface area contributed by atoms with Gasteiger partial charge in [0.15, 0.2) is 5.84 Å². The summed E-state index contributed by atoms with van der Waals surface area (Å²) in [5.41, 5.74) is 9.18. The van der Waals surface area contributed by atoms with Crippen molar-refractivity contribution in [3.05, 3.63) is 23.0 Å². The highest BCUT2D eigenvalue weighted by atomic mass is 16.5. The number of aryl methyl sites for hydroxylation is 2. The first-order chi connectivity index (χ1) is 9.52. The lowest BCUT2D eigenvalue weighted by molar-refractivity contribution is 0.0821. The van der Waals surface area contributed by atoms with E-state index in [0.29, 0.717) is 5.56 Å². The van der Waals surface area contributed by atoms with Crippen LogP contribution < -0.4 is 10.6 Å². The molecule has 6 heteroatoms. The Hall–Kier alpha value is -1.82. The fourth-order valence-corrected chi connectivity index (χ4v) is 2.64. The molecule has 0 aromatic carbocycles. The highest BCUT2D eigenvalue weighted by molar-refractivity contribution is 6.03. The third kappa shape index (κ3) is 3.01. The van der Waals surface area contributed by atoms with Gasteiger partial charge in [-0.15, -0.1) is 0 Å². The van der Waals surface area contributed by atoms with Crippen molar-refractivity contribution in [3.63, 3.8) is 0 Å². The van der Waals surface area contributed by atoms with Crippen LogP contribution in [0.15, 0.2) is 11.2 Å². The number of nitrogens with zero attached hydrogens (tertiary/aromatic N) is 3. The molecule has 0 aliphatic carbocycles. The normalized spacial score (nSPS) is 20.9. The van der Waals surface area contributed by atoms with Gasteiger partial charge in [0.05, 0.1) is 23.0 Å². The van der Waals surface area contributed by atoms with E-state index in [1.807, 2.05) is 19.9 Å². The molecule has 1 aliphatic rings. The van der Waals surface area contributed by atoms with Gasteiger partial charge in [-0.3, -0.25) is 4.98 Å². The van der Waals surface area contributed by atoms with E-state index >= 15 is 0 Å². The minimum absolute atomic E-state index is 0.0998. The number of rotatable bonds is 2. The predicted molar refractivity (Wildman–Crippen MR) is 78.5 cm³/mol. The van der Waals surface area contributed by atoms with Crippen LogP contribution in [-0.4, -0.2) is 41.8 Å². The number of hydrogen-bond donors (Lipinski definition) is 2. The number of amidine groups is 1. The van der Waals surface area contributed by atoms with Gasteiger partial charge in [-0.05, 0) is 33.3 Å². The van der Waals surface area contributed by atoms with Crippen molar-refractivity contribution in [2.24, 2.45) is 10.9 Å². The molecule has 1 saturated heterocycles. The number of aromatic nitrogens is 1. The van der Waals surface area contributed by atoms with Crippen LogP contribution >= 0.6 is 0 Å². The Morgan fingerprint density at radius 1 is 1.55 bits per heavy atom. The highest BCUT2D eigenvalue weighted by Gasteiger charge is 2.21. The standard InChI is InChI=1S/C14H22N4O2/c1-9-7-12(13(11(3)16-9)14(15)17-19)18-5-4-6-20-10(2)8-18/h7,10,19H,4-6,8H2,1-3H3,(H2,15,17). The molecule has 20 heavy (non-hydrogen) atoms. The highest BCUT2D eigenvalue weighted by Crippen LogP contribution is 2.25. The van der Waals surface area contributed by atoms with Crippen LogP contribution in [0.2, 0.25) is 0 Å². The predicted octanol–water partition coefficient (Wildman–Crippen LogP) is 1.41. The van der Waals surface area contributed by atoms with E-state index in [9.17, 15) is 0 Å². The maximum Gasteiger partial charge on any atom is 0.174 e. The Kier molecular flexibility index (Phi) is 4.44. The summed E-state index contributed by atoms with van der Waals surface area (Å²) in [5.74, 6) is 0.0998. The minimum atomic E-state index is 0.0998. The van der Waals surface area contributed by atoms with Crippen LogP contribution in [0.4, 0.5) is 5.69 Å². The first-order valence-corrected chi connectivity index (χ1v) is 6.85. The molecule has 2 rings (SSSR count). The fourth-order valence-electron chi connectivity index (χ4n) is 2.64. The molecule has 110 valence electrons. The molecule has 1 atom stereocenters. The molecule has 0 amide bonds. The Balaban J connectivity index is 2.48. The van der Waals surface area contributed by atoms with Gasteiger partial charge >= 0.3 is 0 Å². The Morgan fingerprint density at radius 3 is 3.00 bits per heavy atom. The summed E-state index contributed by atoms with van der Waals surface area (Å²) in [5, 5.41) is 12.1. The van der Waals surface area contributed by atoms with Gasteiger partial charge < -0.3 is 20.6 Å². The summed E-state index contributed by atoms with van der Waals surface area (Å²) in [6, 6.07) is 1.98. The Bertz CT molecular complexity index is 516. The summed E-state index contributed by atoms with van der Waals surface area (Å²) in [7, 11) is 0. The average molecular weight is 278 g/mol. The number of pyridine rings is 1. The molecular weight excluding hydrogens is 256 g/mol. The Labute approximate surface area is 119 Å². The van der Waals surface area contributed by atoms with E-state index in [-0.39, 0.29) is 11.9 Å². The zero-order valence-electron chi connectivity index (χ0n) is 12.3. The lowest BCUT2D eigenvalue weighted by atomic mass is 10.1. The second-order valence-corrected chi connectivity index (χ2v) is 5.21. The fraction of sp³-hybridized carbons (Fsp3) is 0.571. The van der Waals surface area contributed by atoms with E-state index in [4.69, 9.17) is 15.7 Å². The number of hydrogen-bond acceptors (Lipinski definition) is 5. The number of anilines is 1. The number of nitrogens with two attached hydrogens (primary N) is 1. The maximum atomic E-state index is 9.00. The smallest absolute Gasteiger partial charge is 0.174 e. The lowest BCUT2D eigenvalue weighted by Crippen LogP contribution is -2.33. The van der Waals surface area contributed by atoms with Gasteiger partial charge in [-0.2, -0.15) is 0 Å². The average Bonchev–Trinajstić information content (AvgIpc) is 2.61. The van der Waals surface area contributed by atoms with E-state index < -0.39 is 0 Å². The molecule has 0 radical (unpaired) electrons. The van der Waals surface area contributed by atoms with Gasteiger partial charge in [0.25, 0.3) is 0 Å². The van der Waals surface area contributed by atoms with Crippen LogP contribution in [0.25, 0.3) is 0 Å². The summed E-state index contributed by atoms with van der Waals surface area (Å²) < 4.78 is 5.67. The van der Waals surface area contributed by atoms with Crippen LogP contribution in [-0.2, 0) is 4.74 Å². The largest absolute Gasteiger partial charge is 0.409 e. The molecule has 0 bridgehead atoms. The van der Waals surface area contributed by atoms with Crippen LogP contribution in [0.3, 0.4) is 0 Å². The van der Waals surface area contributed by atoms with Gasteiger partial charge in [-0.1, -0.05) is 5.16 Å². The van der Waals surface area contributed by atoms with Crippen LogP contribution in [0, 0.1) is 13.8 Å². The molecule has 1 unspecified atom stereocenters. The third-order valence-corrected chi connectivity index (χ3v) is 3.46. The van der Waals surface area contributed by atoms with Crippen LogP contribution in [0.5, 0.6) is 0 Å². The molecule has 1 aromatic rings. The first kappa shape index (κ1) is 14.6. The molecule has 0 saturated carbocycles. The molecule has 1 fully saturated rings. The van der Waals surface area contributed by atoms with Crippen molar-refractivity contribution in [2.45, 2.75) is 33.3 Å². The minimum Gasteiger partial charge on any atom is -0.409 e. The quantitative estimate of drug-likeness (QED) is 0.370. The first-order valence-electron chi connectivity index (χ1n) is 6.85. The van der Waals surface area contributed by atoms with Crippen molar-refractivity contribution in [2.75, 3.05) is 24.6 Å². The van der Waals surface area contributed by atoms with Gasteiger partial charge in [0, 0.05) is 25.4 Å². The second kappa shape index (κ2) is 6.09. The summed E-state index contributed by atoms with van der Waals surface area (Å²) in [6.45, 7) is 8.32. The van der Waals surface area contributed by atoms with Crippen molar-refractivity contribution in [1.29, 1.82) is 0 Å². The van der Waals surface area contributed by atoms with Crippen molar-refractivity contribution in [1.82, 2.24) is 4.98 Å². The maximum absolute atomic E-state index is 9.00. The molecule has 1 aromatic heterocycles. The van der Waals surface area contributed by atoms with E-state index in [0.717, 1.165) is 43.2 Å². The van der Waals surface area contributed by atoms with E-state index in [1.54, 1.807) is 0 Å². The molecule has 0 spiro atoms. The molecule has 3 N–H and O–H groups in total. The summed E-state index contributed by atoms with van der Waals surface area (Å²) in [4.78, 5) is 6.64.